The van der Waals surface area contributed by atoms with Gasteiger partial charge in [-0.15, -0.1) is 0 Å². The summed E-state index contributed by atoms with van der Waals surface area (Å²) in [6.07, 6.45) is 3.81. The van der Waals surface area contributed by atoms with Crippen LogP contribution in [0.4, 0.5) is 14.6 Å². The Kier molecular flexibility index (Phi) is 8.01. The molecule has 0 saturated carbocycles. The second-order valence-corrected chi connectivity index (χ2v) is 9.65. The van der Waals surface area contributed by atoms with Gasteiger partial charge in [0.1, 0.15) is 17.7 Å². The SMILES string of the molecule is CC(=O)N[C@@H]1CCN(c2ncnc3ccc(C#CCNC(=O)c4cccn(Cc5ccc(F)c(F)c5)c4=O)cc23)C1. The monoisotopic (exact) mass is 556 g/mol. The number of fused-ring (bicyclic) bond motifs is 1. The van der Waals surface area contributed by atoms with Gasteiger partial charge in [-0.3, -0.25) is 14.4 Å². The van der Waals surface area contributed by atoms with E-state index in [1.807, 2.05) is 18.2 Å². The van der Waals surface area contributed by atoms with Crippen LogP contribution in [0.25, 0.3) is 10.9 Å². The number of halogens is 2. The number of hydrogen-bond donors (Lipinski definition) is 2. The first-order valence-electron chi connectivity index (χ1n) is 13.0. The molecule has 4 aromatic rings. The molecule has 0 unspecified atom stereocenters. The predicted molar refractivity (Wildman–Crippen MR) is 149 cm³/mol. The highest BCUT2D eigenvalue weighted by Crippen LogP contribution is 2.27. The molecule has 1 atom stereocenters. The third kappa shape index (κ3) is 6.38. The summed E-state index contributed by atoms with van der Waals surface area (Å²) in [4.78, 5) is 47.9. The van der Waals surface area contributed by atoms with Crippen molar-refractivity contribution in [3.63, 3.8) is 0 Å². The highest BCUT2D eigenvalue weighted by molar-refractivity contribution is 5.94. The van der Waals surface area contributed by atoms with E-state index in [1.165, 1.54) is 42.2 Å². The van der Waals surface area contributed by atoms with E-state index < -0.39 is 23.1 Å². The zero-order valence-electron chi connectivity index (χ0n) is 22.2. The normalized spacial score (nSPS) is 14.4. The fourth-order valence-electron chi connectivity index (χ4n) is 4.77. The second-order valence-electron chi connectivity index (χ2n) is 9.65. The smallest absolute Gasteiger partial charge is 0.263 e. The first kappa shape index (κ1) is 27.5. The Morgan fingerprint density at radius 1 is 1.10 bits per heavy atom. The molecule has 0 radical (unpaired) electrons. The molecular formula is C30H26F2N6O3. The number of pyridine rings is 1. The van der Waals surface area contributed by atoms with Crippen molar-refractivity contribution in [1.29, 1.82) is 0 Å². The van der Waals surface area contributed by atoms with Crippen molar-refractivity contribution in [3.05, 3.63) is 99.7 Å². The van der Waals surface area contributed by atoms with E-state index in [0.29, 0.717) is 17.7 Å². The van der Waals surface area contributed by atoms with Gasteiger partial charge in [-0.25, -0.2) is 18.7 Å². The van der Waals surface area contributed by atoms with E-state index in [9.17, 15) is 23.2 Å². The topological polar surface area (TPSA) is 109 Å². The van der Waals surface area contributed by atoms with Crippen LogP contribution in [0.3, 0.4) is 0 Å². The maximum Gasteiger partial charge on any atom is 0.263 e. The van der Waals surface area contributed by atoms with Gasteiger partial charge in [0.2, 0.25) is 5.91 Å². The average molecular weight is 557 g/mol. The Labute approximate surface area is 234 Å². The van der Waals surface area contributed by atoms with Gasteiger partial charge in [-0.05, 0) is 54.4 Å². The van der Waals surface area contributed by atoms with Gasteiger partial charge in [-0.1, -0.05) is 17.9 Å². The largest absolute Gasteiger partial charge is 0.354 e. The van der Waals surface area contributed by atoms with Gasteiger partial charge in [0, 0.05) is 43.2 Å². The fraction of sp³-hybridized carbons (Fsp3) is 0.233. The number of carbonyl (C=O) groups is 2. The highest BCUT2D eigenvalue weighted by Gasteiger charge is 2.25. The van der Waals surface area contributed by atoms with E-state index in [2.05, 4.69) is 37.3 Å². The van der Waals surface area contributed by atoms with Crippen LogP contribution in [-0.2, 0) is 11.3 Å². The van der Waals surface area contributed by atoms with Crippen LogP contribution in [0.5, 0.6) is 0 Å². The number of amides is 2. The van der Waals surface area contributed by atoms with E-state index in [0.717, 1.165) is 41.8 Å². The zero-order valence-corrected chi connectivity index (χ0v) is 22.2. The Balaban J connectivity index is 1.25. The Bertz CT molecular complexity index is 1760. The summed E-state index contributed by atoms with van der Waals surface area (Å²) in [5.41, 5.74) is 1.20. The lowest BCUT2D eigenvalue weighted by molar-refractivity contribution is -0.119. The van der Waals surface area contributed by atoms with Crippen molar-refractivity contribution in [2.24, 2.45) is 0 Å². The molecule has 208 valence electrons. The number of rotatable bonds is 6. The predicted octanol–water partition coefficient (Wildman–Crippen LogP) is 2.61. The Morgan fingerprint density at radius 2 is 1.95 bits per heavy atom. The minimum absolute atomic E-state index is 0.00293. The molecule has 11 heteroatoms. The highest BCUT2D eigenvalue weighted by atomic mass is 19.2. The summed E-state index contributed by atoms with van der Waals surface area (Å²) in [5, 5.41) is 6.41. The quantitative estimate of drug-likeness (QED) is 0.354. The lowest BCUT2D eigenvalue weighted by Gasteiger charge is -2.19. The Morgan fingerprint density at radius 3 is 2.76 bits per heavy atom. The maximum atomic E-state index is 13.5. The summed E-state index contributed by atoms with van der Waals surface area (Å²) in [6.45, 7) is 2.88. The van der Waals surface area contributed by atoms with Crippen LogP contribution in [0.1, 0.15) is 34.8 Å². The number of nitrogens with zero attached hydrogens (tertiary/aromatic N) is 4. The number of carbonyl (C=O) groups excluding carboxylic acids is 2. The molecule has 0 spiro atoms. The van der Waals surface area contributed by atoms with Crippen molar-refractivity contribution in [3.8, 4) is 11.8 Å². The average Bonchev–Trinajstić information content (AvgIpc) is 3.41. The van der Waals surface area contributed by atoms with Gasteiger partial charge < -0.3 is 20.1 Å². The van der Waals surface area contributed by atoms with E-state index in [1.54, 1.807) is 0 Å². The van der Waals surface area contributed by atoms with Gasteiger partial charge in [0.25, 0.3) is 11.5 Å². The van der Waals surface area contributed by atoms with Crippen molar-refractivity contribution in [2.75, 3.05) is 24.5 Å². The van der Waals surface area contributed by atoms with Gasteiger partial charge >= 0.3 is 0 Å². The summed E-state index contributed by atoms with van der Waals surface area (Å²) in [6, 6.07) is 11.9. The molecule has 5 rings (SSSR count). The molecule has 2 aromatic carbocycles. The van der Waals surface area contributed by atoms with Crippen LogP contribution in [-0.4, -0.2) is 52.0 Å². The molecule has 1 aliphatic heterocycles. The number of aromatic nitrogens is 3. The molecule has 2 aromatic heterocycles. The van der Waals surface area contributed by atoms with Crippen LogP contribution < -0.4 is 21.1 Å². The second kappa shape index (κ2) is 12.0. The minimum Gasteiger partial charge on any atom is -0.354 e. The molecule has 41 heavy (non-hydrogen) atoms. The first-order chi connectivity index (χ1) is 19.8. The van der Waals surface area contributed by atoms with Crippen molar-refractivity contribution in [1.82, 2.24) is 25.2 Å². The summed E-state index contributed by atoms with van der Waals surface area (Å²) < 4.78 is 28.0. The van der Waals surface area contributed by atoms with E-state index >= 15 is 0 Å². The fourth-order valence-corrected chi connectivity index (χ4v) is 4.77. The molecule has 2 amide bonds. The van der Waals surface area contributed by atoms with Crippen LogP contribution in [0.15, 0.2) is 65.8 Å². The number of nitrogens with one attached hydrogen (secondary N) is 2. The van der Waals surface area contributed by atoms with Gasteiger partial charge in [0.05, 0.1) is 18.6 Å². The molecule has 1 aliphatic rings. The van der Waals surface area contributed by atoms with E-state index in [4.69, 9.17) is 0 Å². The zero-order chi connectivity index (χ0) is 28.9. The van der Waals surface area contributed by atoms with E-state index in [-0.39, 0.29) is 30.6 Å². The van der Waals surface area contributed by atoms with Crippen LogP contribution in [0, 0.1) is 23.5 Å². The molecule has 3 heterocycles. The first-order valence-corrected chi connectivity index (χ1v) is 13.0. The lowest BCUT2D eigenvalue weighted by atomic mass is 10.1. The summed E-state index contributed by atoms with van der Waals surface area (Å²) in [5.74, 6) is 4.04. The standard InChI is InChI=1S/C30H26F2N6O3/c1-19(39)36-22-10-13-37(17-22)28-24-14-20(7-9-27(24)34-18-35-28)4-2-11-33-29(40)23-5-3-12-38(30(23)41)16-21-6-8-25(31)26(32)15-21/h3,5-9,12,14-15,18,22H,10-11,13,16-17H2,1H3,(H,33,40)(H,36,39)/t22-/m1/s1. The van der Waals surface area contributed by atoms with Crippen molar-refractivity contribution >= 4 is 28.5 Å². The number of benzene rings is 2. The maximum absolute atomic E-state index is 13.5. The molecule has 1 fully saturated rings. The lowest BCUT2D eigenvalue weighted by Crippen LogP contribution is -2.35. The molecule has 9 nitrogen and oxygen atoms in total. The molecular weight excluding hydrogens is 530 g/mol. The Hall–Kier alpha value is -5.11. The van der Waals surface area contributed by atoms with Crippen LogP contribution in [0.2, 0.25) is 0 Å². The molecule has 0 bridgehead atoms. The van der Waals surface area contributed by atoms with Gasteiger partial charge in [-0.2, -0.15) is 0 Å². The van der Waals surface area contributed by atoms with Gasteiger partial charge in [0.15, 0.2) is 11.6 Å². The summed E-state index contributed by atoms with van der Waals surface area (Å²) in [7, 11) is 0. The third-order valence-electron chi connectivity index (χ3n) is 6.68. The summed E-state index contributed by atoms with van der Waals surface area (Å²) >= 11 is 0. The molecule has 1 saturated heterocycles. The number of hydrogen-bond acceptors (Lipinski definition) is 6. The number of anilines is 1. The molecule has 2 N–H and O–H groups in total. The van der Waals surface area contributed by atoms with Crippen molar-refractivity contribution < 1.29 is 18.4 Å². The van der Waals surface area contributed by atoms with Crippen molar-refractivity contribution in [2.45, 2.75) is 25.9 Å². The minimum atomic E-state index is -1.01. The molecule has 0 aliphatic carbocycles. The third-order valence-corrected chi connectivity index (χ3v) is 6.68. The van der Waals surface area contributed by atoms with Crippen LogP contribution >= 0.6 is 0 Å².